The number of ether oxygens (including phenoxy) is 1. The van der Waals surface area contributed by atoms with Crippen LogP contribution in [0.2, 0.25) is 0 Å². The van der Waals surface area contributed by atoms with E-state index in [1.54, 1.807) is 0 Å². The molecule has 1 aliphatic heterocycles. The number of alkyl halides is 1. The zero-order chi connectivity index (χ0) is 8.56. The van der Waals surface area contributed by atoms with Gasteiger partial charge in [-0.05, 0) is 30.1 Å². The Morgan fingerprint density at radius 2 is 2.00 bits per heavy atom. The minimum absolute atomic E-state index is 0.122. The molecular weight excluding hydrogens is 172 g/mol. The summed E-state index contributed by atoms with van der Waals surface area (Å²) in [7, 11) is 0. The van der Waals surface area contributed by atoms with Crippen molar-refractivity contribution in [2.75, 3.05) is 6.61 Å². The molecule has 0 bridgehead atoms. The molecule has 0 N–H and O–H groups in total. The van der Waals surface area contributed by atoms with Crippen LogP contribution in [0.1, 0.15) is 26.7 Å². The van der Waals surface area contributed by atoms with Crippen LogP contribution < -0.4 is 0 Å². The fraction of sp³-hybridized carbons (Fsp3) is 1.00. The highest BCUT2D eigenvalue weighted by atomic mass is 35.5. The Morgan fingerprint density at radius 1 is 1.33 bits per heavy atom. The van der Waals surface area contributed by atoms with Crippen molar-refractivity contribution in [3.63, 3.8) is 0 Å². The standard InChI is InChI=1S/C10H15ClO/c1-9(2)6-3-8(11)10(5-12-10)4-7(6)9/h6-8H,3-5H2,1-2H3/t6?,7?,8-,10+/m0/s1. The van der Waals surface area contributed by atoms with Gasteiger partial charge in [-0.1, -0.05) is 13.8 Å². The number of epoxide rings is 1. The second kappa shape index (κ2) is 1.85. The van der Waals surface area contributed by atoms with E-state index in [0.717, 1.165) is 18.4 Å². The summed E-state index contributed by atoms with van der Waals surface area (Å²) in [5, 5.41) is 0.292. The summed E-state index contributed by atoms with van der Waals surface area (Å²) in [6.07, 6.45) is 2.40. The van der Waals surface area contributed by atoms with Crippen LogP contribution in [0.15, 0.2) is 0 Å². The second-order valence-electron chi connectivity index (χ2n) is 5.30. The first-order valence-electron chi connectivity index (χ1n) is 4.84. The van der Waals surface area contributed by atoms with Gasteiger partial charge in [-0.3, -0.25) is 0 Å². The lowest BCUT2D eigenvalue weighted by Crippen LogP contribution is -2.30. The lowest BCUT2D eigenvalue weighted by atomic mass is 9.89. The lowest BCUT2D eigenvalue weighted by molar-refractivity contribution is 0.233. The fourth-order valence-electron chi connectivity index (χ4n) is 3.06. The molecular formula is C10H15ClO. The van der Waals surface area contributed by atoms with Crippen LogP contribution in [-0.2, 0) is 4.74 Å². The highest BCUT2D eigenvalue weighted by molar-refractivity contribution is 6.21. The average molecular weight is 187 g/mol. The van der Waals surface area contributed by atoms with Crippen molar-refractivity contribution in [1.82, 2.24) is 0 Å². The van der Waals surface area contributed by atoms with E-state index in [1.165, 1.54) is 12.8 Å². The Hall–Kier alpha value is 0.250. The third-order valence-electron chi connectivity index (χ3n) is 4.40. The summed E-state index contributed by atoms with van der Waals surface area (Å²) < 4.78 is 5.51. The normalized spacial score (nSPS) is 59.8. The Bertz CT molecular complexity index is 232. The van der Waals surface area contributed by atoms with Crippen molar-refractivity contribution in [3.05, 3.63) is 0 Å². The molecule has 12 heavy (non-hydrogen) atoms. The van der Waals surface area contributed by atoms with Gasteiger partial charge in [0, 0.05) is 0 Å². The maximum Gasteiger partial charge on any atom is 0.108 e. The maximum atomic E-state index is 6.29. The molecule has 3 aliphatic rings. The van der Waals surface area contributed by atoms with Crippen LogP contribution in [0, 0.1) is 17.3 Å². The Balaban J connectivity index is 1.84. The molecule has 1 saturated heterocycles. The Kier molecular flexibility index (Phi) is 1.18. The number of halogens is 1. The molecule has 3 fully saturated rings. The van der Waals surface area contributed by atoms with Gasteiger partial charge in [-0.2, -0.15) is 0 Å². The van der Waals surface area contributed by atoms with E-state index >= 15 is 0 Å². The molecule has 1 spiro atoms. The smallest absolute Gasteiger partial charge is 0.108 e. The van der Waals surface area contributed by atoms with Gasteiger partial charge in [0.1, 0.15) is 5.60 Å². The van der Waals surface area contributed by atoms with Gasteiger partial charge in [0.2, 0.25) is 0 Å². The molecule has 3 rings (SSSR count). The van der Waals surface area contributed by atoms with Crippen LogP contribution in [0.4, 0.5) is 0 Å². The van der Waals surface area contributed by atoms with Crippen molar-refractivity contribution in [1.29, 1.82) is 0 Å². The van der Waals surface area contributed by atoms with E-state index in [9.17, 15) is 0 Å². The summed E-state index contributed by atoms with van der Waals surface area (Å²) in [5.41, 5.74) is 0.680. The largest absolute Gasteiger partial charge is 0.368 e. The SMILES string of the molecule is CC1(C)C2C[C@H](Cl)[C@]3(CO3)CC21. The molecule has 4 atom stereocenters. The van der Waals surface area contributed by atoms with Gasteiger partial charge in [-0.25, -0.2) is 0 Å². The molecule has 2 saturated carbocycles. The van der Waals surface area contributed by atoms with E-state index in [4.69, 9.17) is 16.3 Å². The highest BCUT2D eigenvalue weighted by Gasteiger charge is 2.68. The van der Waals surface area contributed by atoms with Crippen LogP contribution in [0.25, 0.3) is 0 Å². The number of hydrogen-bond acceptors (Lipinski definition) is 1. The maximum absolute atomic E-state index is 6.29. The van der Waals surface area contributed by atoms with E-state index in [2.05, 4.69) is 13.8 Å². The van der Waals surface area contributed by atoms with Crippen molar-refractivity contribution < 1.29 is 4.74 Å². The molecule has 2 heteroatoms. The lowest BCUT2D eigenvalue weighted by Gasteiger charge is -2.22. The molecule has 1 nitrogen and oxygen atoms in total. The topological polar surface area (TPSA) is 12.5 Å². The first kappa shape index (κ1) is 7.64. The van der Waals surface area contributed by atoms with E-state index in [0.29, 0.717) is 10.8 Å². The number of fused-ring (bicyclic) bond motifs is 1. The molecule has 2 unspecified atom stereocenters. The fourth-order valence-corrected chi connectivity index (χ4v) is 3.47. The van der Waals surface area contributed by atoms with E-state index < -0.39 is 0 Å². The summed E-state index contributed by atoms with van der Waals surface area (Å²) in [4.78, 5) is 0. The third kappa shape index (κ3) is 0.748. The first-order chi connectivity index (χ1) is 5.56. The van der Waals surface area contributed by atoms with Gasteiger partial charge in [0.05, 0.1) is 12.0 Å². The number of hydrogen-bond donors (Lipinski definition) is 0. The van der Waals surface area contributed by atoms with Crippen molar-refractivity contribution in [2.45, 2.75) is 37.7 Å². The van der Waals surface area contributed by atoms with Crippen molar-refractivity contribution >= 4 is 11.6 Å². The monoisotopic (exact) mass is 186 g/mol. The van der Waals surface area contributed by atoms with Gasteiger partial charge >= 0.3 is 0 Å². The Morgan fingerprint density at radius 3 is 2.58 bits per heavy atom. The predicted molar refractivity (Wildman–Crippen MR) is 48.3 cm³/mol. The van der Waals surface area contributed by atoms with Crippen LogP contribution in [0.5, 0.6) is 0 Å². The molecule has 1 heterocycles. The summed E-state index contributed by atoms with van der Waals surface area (Å²) >= 11 is 6.29. The Labute approximate surface area is 78.4 Å². The number of rotatable bonds is 0. The third-order valence-corrected chi connectivity index (χ3v) is 4.98. The van der Waals surface area contributed by atoms with Crippen LogP contribution in [-0.4, -0.2) is 17.6 Å². The highest BCUT2D eigenvalue weighted by Crippen LogP contribution is 2.69. The molecule has 2 aliphatic carbocycles. The van der Waals surface area contributed by atoms with E-state index in [-0.39, 0.29) is 5.60 Å². The van der Waals surface area contributed by atoms with Gasteiger partial charge < -0.3 is 4.74 Å². The molecule has 0 aromatic rings. The second-order valence-corrected chi connectivity index (χ2v) is 5.82. The van der Waals surface area contributed by atoms with Crippen molar-refractivity contribution in [3.8, 4) is 0 Å². The van der Waals surface area contributed by atoms with Crippen LogP contribution >= 0.6 is 11.6 Å². The minimum Gasteiger partial charge on any atom is -0.368 e. The molecule has 0 aromatic carbocycles. The zero-order valence-electron chi connectivity index (χ0n) is 7.64. The van der Waals surface area contributed by atoms with Gasteiger partial charge in [-0.15, -0.1) is 11.6 Å². The molecule has 68 valence electrons. The van der Waals surface area contributed by atoms with Crippen LogP contribution in [0.3, 0.4) is 0 Å². The minimum atomic E-state index is 0.122. The summed E-state index contributed by atoms with van der Waals surface area (Å²) in [5.74, 6) is 1.78. The van der Waals surface area contributed by atoms with Crippen molar-refractivity contribution in [2.24, 2.45) is 17.3 Å². The summed E-state index contributed by atoms with van der Waals surface area (Å²) in [6, 6.07) is 0. The average Bonchev–Trinajstić information content (AvgIpc) is 2.84. The molecule has 0 aromatic heterocycles. The zero-order valence-corrected chi connectivity index (χ0v) is 8.40. The summed E-state index contributed by atoms with van der Waals surface area (Å²) in [6.45, 7) is 5.65. The predicted octanol–water partition coefficient (Wildman–Crippen LogP) is 2.43. The molecule has 0 radical (unpaired) electrons. The molecule has 0 amide bonds. The van der Waals surface area contributed by atoms with Gasteiger partial charge in [0.25, 0.3) is 0 Å². The quantitative estimate of drug-likeness (QED) is 0.418. The first-order valence-corrected chi connectivity index (χ1v) is 5.28. The van der Waals surface area contributed by atoms with Gasteiger partial charge in [0.15, 0.2) is 0 Å². The van der Waals surface area contributed by atoms with E-state index in [1.807, 2.05) is 0 Å².